The molecule has 1 fully saturated rings. The standard InChI is InChI=1S/C6H11O.Al.2H/c1-6-4-2-3-5-7-6;;;/h2-5H2,1H3;;;. The van der Waals surface area contributed by atoms with Crippen molar-refractivity contribution in [2.24, 2.45) is 0 Å². The third-order valence-electron chi connectivity index (χ3n) is 1.67. The predicted octanol–water partition coefficient (Wildman–Crippen LogP) is 0.536. The predicted molar refractivity (Wildman–Crippen MR) is 36.8 cm³/mol. The molecular weight excluding hydrogens is 115 g/mol. The fourth-order valence-electron chi connectivity index (χ4n) is 1.07. The summed E-state index contributed by atoms with van der Waals surface area (Å²) in [5.41, 5.74) is 0. The van der Waals surface area contributed by atoms with Crippen LogP contribution in [-0.4, -0.2) is 27.4 Å². The highest BCUT2D eigenvalue weighted by Gasteiger charge is 2.20. The zero-order valence-corrected chi connectivity index (χ0v) is 7.74. The number of rotatable bonds is 0. The van der Waals surface area contributed by atoms with Crippen LogP contribution in [0.25, 0.3) is 0 Å². The van der Waals surface area contributed by atoms with Gasteiger partial charge >= 0.3 is 0 Å². The van der Waals surface area contributed by atoms with Gasteiger partial charge in [0.1, 0.15) is 0 Å². The van der Waals surface area contributed by atoms with E-state index >= 15 is 0 Å². The summed E-state index contributed by atoms with van der Waals surface area (Å²) in [5.74, 6) is 0. The Morgan fingerprint density at radius 1 is 1.50 bits per heavy atom. The Bertz CT molecular complexity index is 72.6. The minimum Gasteiger partial charge on any atom is -0.391 e. The van der Waals surface area contributed by atoms with Gasteiger partial charge in [-0.25, -0.2) is 0 Å². The fourth-order valence-corrected chi connectivity index (χ4v) is 1.63. The minimum absolute atomic E-state index is 0.318. The fraction of sp³-hybridized carbons (Fsp3) is 1.00. The molecule has 1 aliphatic rings. The lowest BCUT2D eigenvalue weighted by Crippen LogP contribution is -2.32. The molecule has 1 nitrogen and oxygen atoms in total. The molecule has 1 saturated heterocycles. The van der Waals surface area contributed by atoms with Gasteiger partial charge in [-0.05, 0) is 19.3 Å². The number of ether oxygens (including phenoxy) is 1. The van der Waals surface area contributed by atoms with Gasteiger partial charge in [0.15, 0.2) is 0 Å². The molecule has 8 heavy (non-hydrogen) atoms. The van der Waals surface area contributed by atoms with Crippen LogP contribution in [0, 0.1) is 0 Å². The van der Waals surface area contributed by atoms with E-state index in [0.29, 0.717) is 4.46 Å². The Morgan fingerprint density at radius 2 is 2.25 bits per heavy atom. The molecule has 0 aromatic carbocycles. The van der Waals surface area contributed by atoms with Gasteiger partial charge in [-0.15, -0.1) is 0 Å². The third-order valence-corrected chi connectivity index (χ3v) is 2.45. The van der Waals surface area contributed by atoms with Crippen LogP contribution in [0.4, 0.5) is 0 Å². The van der Waals surface area contributed by atoms with Crippen molar-refractivity contribution in [1.82, 2.24) is 0 Å². The monoisotopic (exact) mass is 128 g/mol. The van der Waals surface area contributed by atoms with Crippen molar-refractivity contribution in [2.45, 2.75) is 30.6 Å². The van der Waals surface area contributed by atoms with Crippen LogP contribution in [-0.2, 0) is 4.74 Å². The van der Waals surface area contributed by atoms with Crippen LogP contribution in [0.15, 0.2) is 0 Å². The van der Waals surface area contributed by atoms with E-state index in [1.165, 1.54) is 35.6 Å². The molecule has 0 aliphatic carbocycles. The van der Waals surface area contributed by atoms with Crippen molar-refractivity contribution in [3.05, 3.63) is 0 Å². The molecule has 1 heterocycles. The average Bonchev–Trinajstić information content (AvgIpc) is 1.65. The maximum atomic E-state index is 5.53. The van der Waals surface area contributed by atoms with Gasteiger partial charge in [0.2, 0.25) is 0 Å². The summed E-state index contributed by atoms with van der Waals surface area (Å²) in [6.45, 7) is 3.22. The van der Waals surface area contributed by atoms with Crippen LogP contribution in [0.3, 0.4) is 0 Å². The second-order valence-electron chi connectivity index (χ2n) is 3.07. The first-order chi connectivity index (χ1) is 3.71. The van der Waals surface area contributed by atoms with E-state index in [1.54, 1.807) is 0 Å². The zero-order chi connectivity index (χ0) is 6.04. The molecule has 1 rings (SSSR count). The van der Waals surface area contributed by atoms with E-state index in [-0.39, 0.29) is 0 Å². The summed E-state index contributed by atoms with van der Waals surface area (Å²) >= 11 is 1.19. The molecule has 0 N–H and O–H groups in total. The molecule has 2 heteroatoms. The molecule has 0 amide bonds. The van der Waals surface area contributed by atoms with Gasteiger partial charge in [0.25, 0.3) is 16.3 Å². The summed E-state index contributed by atoms with van der Waals surface area (Å²) in [7, 11) is 0. The van der Waals surface area contributed by atoms with Crippen LogP contribution in [0.1, 0.15) is 26.2 Å². The smallest absolute Gasteiger partial charge is 0.263 e. The van der Waals surface area contributed by atoms with E-state index in [1.807, 2.05) is 0 Å². The van der Waals surface area contributed by atoms with Crippen molar-refractivity contribution in [3.8, 4) is 0 Å². The average molecular weight is 128 g/mol. The first-order valence-corrected chi connectivity index (χ1v) is 4.35. The van der Waals surface area contributed by atoms with Gasteiger partial charge < -0.3 is 4.74 Å². The molecule has 1 atom stereocenters. The molecule has 46 valence electrons. The maximum absolute atomic E-state index is 5.53. The highest BCUT2D eigenvalue weighted by atomic mass is 27.0. The van der Waals surface area contributed by atoms with Crippen LogP contribution in [0.2, 0.25) is 0 Å². The summed E-state index contributed by atoms with van der Waals surface area (Å²) in [5, 5.41) is 0. The minimum atomic E-state index is 0.318. The second-order valence-corrected chi connectivity index (χ2v) is 5.18. The van der Waals surface area contributed by atoms with Crippen molar-refractivity contribution in [1.29, 1.82) is 0 Å². The van der Waals surface area contributed by atoms with Gasteiger partial charge in [0, 0.05) is 11.1 Å². The van der Waals surface area contributed by atoms with Gasteiger partial charge in [0.05, 0.1) is 0 Å². The first kappa shape index (κ1) is 6.61. The van der Waals surface area contributed by atoms with Crippen molar-refractivity contribution in [3.63, 3.8) is 0 Å². The Balaban J connectivity index is 2.33. The molecule has 0 aromatic heterocycles. The molecule has 0 saturated carbocycles. The summed E-state index contributed by atoms with van der Waals surface area (Å²) < 4.78 is 5.84. The van der Waals surface area contributed by atoms with Gasteiger partial charge in [-0.1, -0.05) is 6.92 Å². The Kier molecular flexibility index (Phi) is 1.98. The number of hydrogen-bond donors (Lipinski definition) is 0. The Morgan fingerprint density at radius 3 is 2.50 bits per heavy atom. The summed E-state index contributed by atoms with van der Waals surface area (Å²) in [4.78, 5) is 0. The molecule has 1 unspecified atom stereocenters. The quantitative estimate of drug-likeness (QED) is 0.432. The largest absolute Gasteiger partial charge is 0.391 e. The van der Waals surface area contributed by atoms with E-state index in [0.717, 1.165) is 6.61 Å². The van der Waals surface area contributed by atoms with E-state index < -0.39 is 0 Å². The van der Waals surface area contributed by atoms with Crippen LogP contribution < -0.4 is 0 Å². The zero-order valence-electron chi connectivity index (χ0n) is 5.74. The maximum Gasteiger partial charge on any atom is 0.263 e. The lowest BCUT2D eigenvalue weighted by atomic mass is 10.1. The Hall–Kier alpha value is 0.492. The topological polar surface area (TPSA) is 9.23 Å². The SMILES string of the molecule is C[C]1([AlH2])CCCCO1. The van der Waals surface area contributed by atoms with Crippen molar-refractivity contribution in [2.75, 3.05) is 6.61 Å². The lowest BCUT2D eigenvalue weighted by Gasteiger charge is -2.30. The van der Waals surface area contributed by atoms with Crippen molar-refractivity contribution < 1.29 is 4.74 Å². The summed E-state index contributed by atoms with van der Waals surface area (Å²) in [6, 6.07) is 0. The van der Waals surface area contributed by atoms with E-state index in [4.69, 9.17) is 4.74 Å². The van der Waals surface area contributed by atoms with E-state index in [2.05, 4.69) is 6.92 Å². The highest BCUT2D eigenvalue weighted by Crippen LogP contribution is 2.19. The van der Waals surface area contributed by atoms with Crippen LogP contribution in [0.5, 0.6) is 0 Å². The normalized spacial score (nSPS) is 39.6. The second kappa shape index (κ2) is 2.39. The molecular formula is C6H13AlO. The third kappa shape index (κ3) is 1.78. The first-order valence-electron chi connectivity index (χ1n) is 3.35. The van der Waals surface area contributed by atoms with E-state index in [9.17, 15) is 0 Å². The van der Waals surface area contributed by atoms with Gasteiger partial charge in [-0.3, -0.25) is 0 Å². The Labute approximate surface area is 58.8 Å². The van der Waals surface area contributed by atoms with Gasteiger partial charge in [-0.2, -0.15) is 0 Å². The number of hydrogen-bond acceptors (Lipinski definition) is 1. The highest BCUT2D eigenvalue weighted by molar-refractivity contribution is 6.14. The molecule has 0 bridgehead atoms. The molecule has 1 aliphatic heterocycles. The van der Waals surface area contributed by atoms with Crippen molar-refractivity contribution >= 4 is 16.3 Å². The molecule has 0 aromatic rings. The summed E-state index contributed by atoms with van der Waals surface area (Å²) in [6.07, 6.45) is 3.94. The lowest BCUT2D eigenvalue weighted by molar-refractivity contribution is -0.00436. The molecule has 0 radical (unpaired) electrons. The molecule has 0 spiro atoms. The van der Waals surface area contributed by atoms with Crippen LogP contribution >= 0.6 is 0 Å².